The summed E-state index contributed by atoms with van der Waals surface area (Å²) < 4.78 is 21.2. The van der Waals surface area contributed by atoms with Gasteiger partial charge in [0.25, 0.3) is 5.91 Å². The molecular formula is C25H31N3O8. The van der Waals surface area contributed by atoms with Gasteiger partial charge in [0, 0.05) is 24.2 Å². The third kappa shape index (κ3) is 8.13. The minimum Gasteiger partial charge on any atom is -0.379 e. The molecule has 0 bridgehead atoms. The monoisotopic (exact) mass is 501 g/mol. The second kappa shape index (κ2) is 14.3. The molecule has 0 aliphatic carbocycles. The summed E-state index contributed by atoms with van der Waals surface area (Å²) in [5.41, 5.74) is 1.77. The van der Waals surface area contributed by atoms with Crippen molar-refractivity contribution >= 4 is 29.3 Å². The first kappa shape index (κ1) is 27.3. The number of ether oxygens (including phenoxy) is 4. The van der Waals surface area contributed by atoms with Crippen molar-refractivity contribution in [2.24, 2.45) is 0 Å². The van der Waals surface area contributed by atoms with Gasteiger partial charge < -0.3 is 29.2 Å². The number of carbonyl (C=O) groups excluding carboxylic acids is 4. The Morgan fingerprint density at radius 3 is 2.36 bits per heavy atom. The van der Waals surface area contributed by atoms with Gasteiger partial charge in [-0.05, 0) is 30.2 Å². The normalized spacial score (nSPS) is 17.0. The van der Waals surface area contributed by atoms with E-state index in [9.17, 15) is 19.2 Å². The number of carbonyl (C=O) groups is 4. The largest absolute Gasteiger partial charge is 0.379 e. The summed E-state index contributed by atoms with van der Waals surface area (Å²) in [6, 6.07) is 4.35. The minimum atomic E-state index is -0.673. The summed E-state index contributed by atoms with van der Waals surface area (Å²) >= 11 is 0. The van der Waals surface area contributed by atoms with E-state index in [0.717, 1.165) is 5.56 Å². The fraction of sp³-hybridized carbons (Fsp3) is 0.520. The van der Waals surface area contributed by atoms with E-state index in [1.54, 1.807) is 18.2 Å². The highest BCUT2D eigenvalue weighted by Crippen LogP contribution is 2.29. The van der Waals surface area contributed by atoms with Crippen LogP contribution in [0.15, 0.2) is 18.2 Å². The maximum atomic E-state index is 12.7. The van der Waals surface area contributed by atoms with E-state index >= 15 is 0 Å². The minimum absolute atomic E-state index is 0.166. The Morgan fingerprint density at radius 1 is 1.03 bits per heavy atom. The number of hydrogen-bond acceptors (Lipinski definition) is 8. The molecule has 4 amide bonds. The first-order valence-electron chi connectivity index (χ1n) is 11.8. The number of benzene rings is 1. The zero-order valence-electron chi connectivity index (χ0n) is 20.1. The van der Waals surface area contributed by atoms with Crippen molar-refractivity contribution in [1.29, 1.82) is 0 Å². The molecule has 2 aliphatic heterocycles. The highest BCUT2D eigenvalue weighted by molar-refractivity contribution is 6.05. The molecule has 36 heavy (non-hydrogen) atoms. The Hall–Kier alpha value is -3.30. The van der Waals surface area contributed by atoms with Crippen LogP contribution < -0.4 is 10.6 Å². The van der Waals surface area contributed by atoms with E-state index in [1.807, 2.05) is 0 Å². The summed E-state index contributed by atoms with van der Waals surface area (Å²) in [4.78, 5) is 50.0. The number of terminal acetylenes is 1. The van der Waals surface area contributed by atoms with Crippen LogP contribution >= 0.6 is 0 Å². The standard InChI is InChI=1S/C25H31N3O8/c1-2-8-33-10-12-35-14-15-36-13-11-34-9-7-23(30)26-19-3-4-20-18(16-19)17-28(25(20)32)21-5-6-22(29)27-24(21)31/h1,3-4,16,21H,5-15,17H2,(H,26,30)(H,27,29,31). The van der Waals surface area contributed by atoms with E-state index in [2.05, 4.69) is 16.6 Å². The van der Waals surface area contributed by atoms with Crippen LogP contribution in [0.4, 0.5) is 5.69 Å². The zero-order chi connectivity index (χ0) is 25.8. The van der Waals surface area contributed by atoms with Crippen molar-refractivity contribution in [2.75, 3.05) is 58.2 Å². The molecule has 0 aromatic heterocycles. The molecule has 1 atom stereocenters. The third-order valence-electron chi connectivity index (χ3n) is 5.58. The predicted molar refractivity (Wildman–Crippen MR) is 128 cm³/mol. The Morgan fingerprint density at radius 2 is 1.69 bits per heavy atom. The summed E-state index contributed by atoms with van der Waals surface area (Å²) in [6.07, 6.45) is 5.73. The number of nitrogens with one attached hydrogen (secondary N) is 2. The van der Waals surface area contributed by atoms with Gasteiger partial charge in [0.15, 0.2) is 0 Å². The van der Waals surface area contributed by atoms with Crippen molar-refractivity contribution in [3.63, 3.8) is 0 Å². The molecule has 11 nitrogen and oxygen atoms in total. The lowest BCUT2D eigenvalue weighted by Crippen LogP contribution is -2.52. The molecule has 11 heteroatoms. The fourth-order valence-electron chi connectivity index (χ4n) is 3.83. The summed E-state index contributed by atoms with van der Waals surface area (Å²) in [5, 5.41) is 5.08. The van der Waals surface area contributed by atoms with Crippen LogP contribution in [0, 0.1) is 12.3 Å². The van der Waals surface area contributed by atoms with Crippen LogP contribution in [0.2, 0.25) is 0 Å². The topological polar surface area (TPSA) is 132 Å². The fourth-order valence-corrected chi connectivity index (χ4v) is 3.83. The molecule has 1 aromatic carbocycles. The van der Waals surface area contributed by atoms with Gasteiger partial charge in [0.1, 0.15) is 12.6 Å². The van der Waals surface area contributed by atoms with E-state index in [-0.39, 0.29) is 50.3 Å². The lowest BCUT2D eigenvalue weighted by atomic mass is 10.0. The van der Waals surface area contributed by atoms with Crippen LogP contribution in [0.5, 0.6) is 0 Å². The van der Waals surface area contributed by atoms with Crippen molar-refractivity contribution in [3.8, 4) is 12.3 Å². The number of rotatable bonds is 15. The number of piperidine rings is 1. The Kier molecular flexibility index (Phi) is 10.8. The SMILES string of the molecule is C#CCOCCOCCOCCOCCC(=O)Nc1ccc2c(c1)CN(C1CCC(=O)NC1=O)C2=O. The van der Waals surface area contributed by atoms with Gasteiger partial charge in [-0.25, -0.2) is 0 Å². The van der Waals surface area contributed by atoms with Gasteiger partial charge in [-0.15, -0.1) is 6.42 Å². The van der Waals surface area contributed by atoms with Crippen LogP contribution in [0.3, 0.4) is 0 Å². The number of amides is 4. The quantitative estimate of drug-likeness (QED) is 0.201. The van der Waals surface area contributed by atoms with Gasteiger partial charge in [0.05, 0.1) is 52.7 Å². The smallest absolute Gasteiger partial charge is 0.255 e. The molecule has 3 rings (SSSR count). The second-order valence-electron chi connectivity index (χ2n) is 8.16. The molecule has 0 radical (unpaired) electrons. The molecule has 2 N–H and O–H groups in total. The molecule has 1 unspecified atom stereocenters. The van der Waals surface area contributed by atoms with Gasteiger partial charge in [-0.3, -0.25) is 24.5 Å². The Labute approximate surface area is 209 Å². The zero-order valence-corrected chi connectivity index (χ0v) is 20.1. The molecule has 2 heterocycles. The van der Waals surface area contributed by atoms with Gasteiger partial charge >= 0.3 is 0 Å². The van der Waals surface area contributed by atoms with Gasteiger partial charge in [-0.1, -0.05) is 5.92 Å². The Balaban J connectivity index is 1.29. The lowest BCUT2D eigenvalue weighted by molar-refractivity contribution is -0.137. The van der Waals surface area contributed by atoms with E-state index in [1.165, 1.54) is 4.90 Å². The molecular weight excluding hydrogens is 470 g/mol. The van der Waals surface area contributed by atoms with Crippen LogP contribution in [-0.4, -0.2) is 87.4 Å². The molecule has 1 aromatic rings. The molecule has 1 fully saturated rings. The van der Waals surface area contributed by atoms with Crippen molar-refractivity contribution in [2.45, 2.75) is 31.8 Å². The molecule has 0 spiro atoms. The highest BCUT2D eigenvalue weighted by atomic mass is 16.6. The lowest BCUT2D eigenvalue weighted by Gasteiger charge is -2.29. The van der Waals surface area contributed by atoms with E-state index in [4.69, 9.17) is 25.4 Å². The van der Waals surface area contributed by atoms with Crippen LogP contribution in [0.25, 0.3) is 0 Å². The first-order valence-corrected chi connectivity index (χ1v) is 11.8. The maximum Gasteiger partial charge on any atom is 0.255 e. The van der Waals surface area contributed by atoms with Crippen LogP contribution in [-0.2, 0) is 39.9 Å². The second-order valence-corrected chi connectivity index (χ2v) is 8.16. The summed E-state index contributed by atoms with van der Waals surface area (Å²) in [7, 11) is 0. The number of fused-ring (bicyclic) bond motifs is 1. The van der Waals surface area contributed by atoms with Crippen LogP contribution in [0.1, 0.15) is 35.2 Å². The van der Waals surface area contributed by atoms with Gasteiger partial charge in [0.2, 0.25) is 17.7 Å². The van der Waals surface area contributed by atoms with Gasteiger partial charge in [-0.2, -0.15) is 0 Å². The summed E-state index contributed by atoms with van der Waals surface area (Å²) in [5.74, 6) is 1.11. The predicted octanol–water partition coefficient (Wildman–Crippen LogP) is 0.476. The average Bonchev–Trinajstić information content (AvgIpc) is 3.17. The van der Waals surface area contributed by atoms with Crippen molar-refractivity contribution in [3.05, 3.63) is 29.3 Å². The number of nitrogens with zero attached hydrogens (tertiary/aromatic N) is 1. The number of hydrogen-bond donors (Lipinski definition) is 2. The average molecular weight is 502 g/mol. The number of imide groups is 1. The Bertz CT molecular complexity index is 990. The molecule has 0 saturated carbocycles. The maximum absolute atomic E-state index is 12.7. The molecule has 194 valence electrons. The van der Waals surface area contributed by atoms with Crippen molar-refractivity contribution < 1.29 is 38.1 Å². The summed E-state index contributed by atoms with van der Waals surface area (Å²) in [6.45, 7) is 3.28. The molecule has 1 saturated heterocycles. The number of anilines is 1. The highest BCUT2D eigenvalue weighted by Gasteiger charge is 2.39. The van der Waals surface area contributed by atoms with E-state index < -0.39 is 11.9 Å². The van der Waals surface area contributed by atoms with Crippen molar-refractivity contribution in [1.82, 2.24) is 10.2 Å². The first-order chi connectivity index (χ1) is 17.5. The molecule has 2 aliphatic rings. The third-order valence-corrected chi connectivity index (χ3v) is 5.58. The van der Waals surface area contributed by atoms with E-state index in [0.29, 0.717) is 57.3 Å².